The summed E-state index contributed by atoms with van der Waals surface area (Å²) in [4.78, 5) is 4.44. The number of halogens is 1. The Hall–Kier alpha value is -1.13. The minimum absolute atomic E-state index is 0.0667. The minimum Gasteiger partial charge on any atom is -0.366 e. The van der Waals surface area contributed by atoms with Crippen molar-refractivity contribution in [3.63, 3.8) is 0 Å². The third-order valence-corrected chi connectivity index (χ3v) is 3.90. The highest BCUT2D eigenvalue weighted by Gasteiger charge is 2.31. The molecule has 1 fully saturated rings. The van der Waals surface area contributed by atoms with Gasteiger partial charge in [-0.2, -0.15) is 0 Å². The van der Waals surface area contributed by atoms with Gasteiger partial charge in [0.15, 0.2) is 0 Å². The zero-order chi connectivity index (χ0) is 13.3. The maximum absolute atomic E-state index is 14.1. The van der Waals surface area contributed by atoms with Crippen LogP contribution in [0.15, 0.2) is 18.2 Å². The molecular formula is C14H22FN3. The van der Waals surface area contributed by atoms with Crippen LogP contribution in [0.1, 0.15) is 19.4 Å². The van der Waals surface area contributed by atoms with Crippen LogP contribution < -0.4 is 10.6 Å². The lowest BCUT2D eigenvalue weighted by Gasteiger charge is -2.46. The SMILES string of the molecule is CN1CCN(c2ccc(CN)cc2F)CC1(C)C. The van der Waals surface area contributed by atoms with Crippen LogP contribution >= 0.6 is 0 Å². The first-order chi connectivity index (χ1) is 8.44. The van der Waals surface area contributed by atoms with Crippen molar-refractivity contribution in [2.45, 2.75) is 25.9 Å². The van der Waals surface area contributed by atoms with Gasteiger partial charge in [0, 0.05) is 31.7 Å². The fourth-order valence-electron chi connectivity index (χ4n) is 2.38. The van der Waals surface area contributed by atoms with Gasteiger partial charge in [0.2, 0.25) is 0 Å². The molecule has 1 aliphatic heterocycles. The zero-order valence-corrected chi connectivity index (χ0v) is 11.4. The van der Waals surface area contributed by atoms with Gasteiger partial charge in [0.25, 0.3) is 0 Å². The van der Waals surface area contributed by atoms with Crippen molar-refractivity contribution in [2.75, 3.05) is 31.6 Å². The van der Waals surface area contributed by atoms with Gasteiger partial charge >= 0.3 is 0 Å². The second-order valence-corrected chi connectivity index (χ2v) is 5.65. The summed E-state index contributed by atoms with van der Waals surface area (Å²) in [5.74, 6) is -0.168. The molecule has 0 radical (unpaired) electrons. The highest BCUT2D eigenvalue weighted by molar-refractivity contribution is 5.50. The molecule has 0 amide bonds. The summed E-state index contributed by atoms with van der Waals surface area (Å²) >= 11 is 0. The van der Waals surface area contributed by atoms with E-state index in [2.05, 4.69) is 30.7 Å². The number of likely N-dealkylation sites (N-methyl/N-ethyl adjacent to an activating group) is 1. The van der Waals surface area contributed by atoms with Crippen molar-refractivity contribution in [3.8, 4) is 0 Å². The Balaban J connectivity index is 2.22. The van der Waals surface area contributed by atoms with Crippen LogP contribution in [0.25, 0.3) is 0 Å². The van der Waals surface area contributed by atoms with Crippen LogP contribution in [0, 0.1) is 5.82 Å². The van der Waals surface area contributed by atoms with Crippen LogP contribution in [0.3, 0.4) is 0 Å². The third kappa shape index (κ3) is 2.49. The second-order valence-electron chi connectivity index (χ2n) is 5.65. The molecule has 18 heavy (non-hydrogen) atoms. The maximum Gasteiger partial charge on any atom is 0.146 e. The molecule has 4 heteroatoms. The molecular weight excluding hydrogens is 229 g/mol. The first kappa shape index (κ1) is 13.3. The van der Waals surface area contributed by atoms with E-state index < -0.39 is 0 Å². The standard InChI is InChI=1S/C14H22FN3/c1-14(2)10-18(7-6-17(14)3)13-5-4-11(9-16)8-12(13)15/h4-5,8H,6-7,9-10,16H2,1-3H3. The van der Waals surface area contributed by atoms with Gasteiger partial charge < -0.3 is 10.6 Å². The van der Waals surface area contributed by atoms with Crippen LogP contribution in [-0.2, 0) is 6.54 Å². The van der Waals surface area contributed by atoms with E-state index in [1.165, 1.54) is 0 Å². The maximum atomic E-state index is 14.1. The van der Waals surface area contributed by atoms with Crippen molar-refractivity contribution in [1.82, 2.24) is 4.90 Å². The highest BCUT2D eigenvalue weighted by atomic mass is 19.1. The summed E-state index contributed by atoms with van der Waals surface area (Å²) in [6.45, 7) is 7.40. The van der Waals surface area contributed by atoms with Crippen molar-refractivity contribution in [3.05, 3.63) is 29.6 Å². The number of benzene rings is 1. The summed E-state index contributed by atoms with van der Waals surface area (Å²) in [5, 5.41) is 0. The zero-order valence-electron chi connectivity index (χ0n) is 11.4. The number of hydrogen-bond donors (Lipinski definition) is 1. The minimum atomic E-state index is -0.168. The third-order valence-electron chi connectivity index (χ3n) is 3.90. The van der Waals surface area contributed by atoms with Gasteiger partial charge in [0.1, 0.15) is 5.82 Å². The number of piperazine rings is 1. The van der Waals surface area contributed by atoms with E-state index in [1.54, 1.807) is 6.07 Å². The number of hydrogen-bond acceptors (Lipinski definition) is 3. The summed E-state index contributed by atoms with van der Waals surface area (Å²) in [7, 11) is 2.12. The molecule has 0 aromatic heterocycles. The largest absolute Gasteiger partial charge is 0.366 e. The number of rotatable bonds is 2. The van der Waals surface area contributed by atoms with E-state index in [4.69, 9.17) is 5.73 Å². The predicted octanol–water partition coefficient (Wildman–Crippen LogP) is 1.81. The lowest BCUT2D eigenvalue weighted by atomic mass is 9.99. The Morgan fingerprint density at radius 2 is 2.06 bits per heavy atom. The molecule has 1 saturated heterocycles. The molecule has 2 rings (SSSR count). The van der Waals surface area contributed by atoms with Crippen molar-refractivity contribution < 1.29 is 4.39 Å². The van der Waals surface area contributed by atoms with Crippen LogP contribution in [0.5, 0.6) is 0 Å². The molecule has 0 bridgehead atoms. The molecule has 0 atom stereocenters. The molecule has 1 aromatic carbocycles. The Kier molecular flexibility index (Phi) is 3.59. The first-order valence-corrected chi connectivity index (χ1v) is 6.39. The Bertz CT molecular complexity index is 431. The molecule has 3 nitrogen and oxygen atoms in total. The Morgan fingerprint density at radius 3 is 2.61 bits per heavy atom. The van der Waals surface area contributed by atoms with E-state index in [-0.39, 0.29) is 11.4 Å². The van der Waals surface area contributed by atoms with E-state index in [0.29, 0.717) is 12.2 Å². The lowest BCUT2D eigenvalue weighted by molar-refractivity contribution is 0.138. The van der Waals surface area contributed by atoms with Gasteiger partial charge in [-0.3, -0.25) is 4.90 Å². The van der Waals surface area contributed by atoms with Gasteiger partial charge in [-0.15, -0.1) is 0 Å². The van der Waals surface area contributed by atoms with Gasteiger partial charge in [0.05, 0.1) is 5.69 Å². The monoisotopic (exact) mass is 251 g/mol. The average molecular weight is 251 g/mol. The van der Waals surface area contributed by atoms with E-state index >= 15 is 0 Å². The molecule has 0 spiro atoms. The number of anilines is 1. The molecule has 0 aliphatic carbocycles. The quantitative estimate of drug-likeness (QED) is 0.870. The molecule has 100 valence electrons. The second kappa shape index (κ2) is 4.86. The molecule has 1 aromatic rings. The first-order valence-electron chi connectivity index (χ1n) is 6.39. The van der Waals surface area contributed by atoms with Crippen LogP contribution in [-0.4, -0.2) is 37.1 Å². The fraction of sp³-hybridized carbons (Fsp3) is 0.571. The average Bonchev–Trinajstić information content (AvgIpc) is 2.32. The topological polar surface area (TPSA) is 32.5 Å². The highest BCUT2D eigenvalue weighted by Crippen LogP contribution is 2.27. The fourth-order valence-corrected chi connectivity index (χ4v) is 2.38. The normalized spacial score (nSPS) is 20.2. The van der Waals surface area contributed by atoms with Gasteiger partial charge in [-0.05, 0) is 38.6 Å². The van der Waals surface area contributed by atoms with Crippen molar-refractivity contribution in [1.29, 1.82) is 0 Å². The van der Waals surface area contributed by atoms with Crippen LogP contribution in [0.2, 0.25) is 0 Å². The predicted molar refractivity (Wildman–Crippen MR) is 73.2 cm³/mol. The summed E-state index contributed by atoms with van der Waals surface area (Å²) in [6.07, 6.45) is 0. The molecule has 0 unspecified atom stereocenters. The summed E-state index contributed by atoms with van der Waals surface area (Å²) < 4.78 is 14.1. The lowest BCUT2D eigenvalue weighted by Crippen LogP contribution is -2.57. The molecule has 0 saturated carbocycles. The van der Waals surface area contributed by atoms with E-state index in [0.717, 1.165) is 25.2 Å². The van der Waals surface area contributed by atoms with Gasteiger partial charge in [-0.25, -0.2) is 4.39 Å². The smallest absolute Gasteiger partial charge is 0.146 e. The molecule has 1 aliphatic rings. The van der Waals surface area contributed by atoms with E-state index in [1.807, 2.05) is 12.1 Å². The number of nitrogens with zero attached hydrogens (tertiary/aromatic N) is 2. The molecule has 2 N–H and O–H groups in total. The number of nitrogens with two attached hydrogens (primary N) is 1. The van der Waals surface area contributed by atoms with Crippen molar-refractivity contribution >= 4 is 5.69 Å². The Morgan fingerprint density at radius 1 is 1.33 bits per heavy atom. The molecule has 1 heterocycles. The Labute approximate surface area is 108 Å². The van der Waals surface area contributed by atoms with Crippen molar-refractivity contribution in [2.24, 2.45) is 5.73 Å². The summed E-state index contributed by atoms with van der Waals surface area (Å²) in [5.41, 5.74) is 7.11. The van der Waals surface area contributed by atoms with E-state index in [9.17, 15) is 4.39 Å². The van der Waals surface area contributed by atoms with Crippen LogP contribution in [0.4, 0.5) is 10.1 Å². The summed E-state index contributed by atoms with van der Waals surface area (Å²) in [6, 6.07) is 5.29. The van der Waals surface area contributed by atoms with Gasteiger partial charge in [-0.1, -0.05) is 6.07 Å².